The Balaban J connectivity index is 1.77. The van der Waals surface area contributed by atoms with E-state index in [2.05, 4.69) is 10.3 Å². The van der Waals surface area contributed by atoms with Gasteiger partial charge in [0.25, 0.3) is 0 Å². The molecule has 3 aromatic rings. The van der Waals surface area contributed by atoms with Crippen LogP contribution in [0.25, 0.3) is 5.57 Å². The summed E-state index contributed by atoms with van der Waals surface area (Å²) < 4.78 is 65.7. The molecule has 12 heteroatoms. The Morgan fingerprint density at radius 2 is 1.97 bits per heavy atom. The molecule has 0 spiro atoms. The molecule has 1 heterocycles. The minimum absolute atomic E-state index is 0.0338. The van der Waals surface area contributed by atoms with Crippen LogP contribution in [0.15, 0.2) is 53.5 Å². The maximum Gasteiger partial charge on any atom is 0.417 e. The minimum atomic E-state index is -4.69. The second kappa shape index (κ2) is 10.6. The molecule has 184 valence electrons. The molecule has 0 saturated heterocycles. The van der Waals surface area contributed by atoms with E-state index in [-0.39, 0.29) is 24.0 Å². The van der Waals surface area contributed by atoms with Crippen molar-refractivity contribution in [2.75, 3.05) is 7.05 Å². The monoisotopic (exact) mass is 510 g/mol. The third-order valence-corrected chi connectivity index (χ3v) is 5.05. The van der Waals surface area contributed by atoms with Crippen LogP contribution in [0.4, 0.5) is 17.6 Å². The normalized spacial score (nSPS) is 11.8. The van der Waals surface area contributed by atoms with E-state index in [1.807, 2.05) is 0 Å². The fourth-order valence-corrected chi connectivity index (χ4v) is 3.23. The van der Waals surface area contributed by atoms with Crippen molar-refractivity contribution >= 4 is 23.4 Å². The molecule has 0 saturated carbocycles. The van der Waals surface area contributed by atoms with Gasteiger partial charge in [-0.3, -0.25) is 4.57 Å². The highest BCUT2D eigenvalue weighted by molar-refractivity contribution is 6.31. The summed E-state index contributed by atoms with van der Waals surface area (Å²) in [4.78, 5) is 16.0. The van der Waals surface area contributed by atoms with Crippen LogP contribution in [0, 0.1) is 11.2 Å². The molecule has 7 nitrogen and oxygen atoms in total. The van der Waals surface area contributed by atoms with Gasteiger partial charge >= 0.3 is 11.9 Å². The maximum atomic E-state index is 14.6. The summed E-state index contributed by atoms with van der Waals surface area (Å²) >= 11 is 5.58. The fraction of sp³-hybridized carbons (Fsp3) is 0.174. The number of halogens is 5. The Kier molecular flexibility index (Phi) is 7.80. The van der Waals surface area contributed by atoms with E-state index in [4.69, 9.17) is 26.5 Å². The first-order valence-corrected chi connectivity index (χ1v) is 10.3. The summed E-state index contributed by atoms with van der Waals surface area (Å²) in [5.74, 6) is -1.41. The van der Waals surface area contributed by atoms with Crippen molar-refractivity contribution in [2.45, 2.75) is 12.8 Å². The lowest BCUT2D eigenvalue weighted by molar-refractivity contribution is -0.137. The molecule has 0 bridgehead atoms. The second-order valence-electron chi connectivity index (χ2n) is 7.15. The lowest BCUT2D eigenvalue weighted by Crippen LogP contribution is -2.24. The van der Waals surface area contributed by atoms with Crippen LogP contribution >= 0.6 is 11.6 Å². The lowest BCUT2D eigenvalue weighted by Gasteiger charge is -2.13. The van der Waals surface area contributed by atoms with Crippen molar-refractivity contribution in [3.8, 4) is 17.4 Å². The summed E-state index contributed by atoms with van der Waals surface area (Å²) in [6.45, 7) is -0.161. The van der Waals surface area contributed by atoms with Gasteiger partial charge in [-0.15, -0.1) is 0 Å². The molecule has 35 heavy (non-hydrogen) atoms. The van der Waals surface area contributed by atoms with Gasteiger partial charge in [-0.25, -0.2) is 9.18 Å². The molecule has 0 radical (unpaired) electrons. The van der Waals surface area contributed by atoms with Crippen LogP contribution in [0.2, 0.25) is 5.02 Å². The van der Waals surface area contributed by atoms with E-state index >= 15 is 0 Å². The molecule has 2 N–H and O–H groups in total. The quantitative estimate of drug-likeness (QED) is 0.322. The molecule has 0 amide bonds. The van der Waals surface area contributed by atoms with Crippen LogP contribution in [-0.2, 0) is 19.8 Å². The Bertz CT molecular complexity index is 1340. The SMILES string of the molecule is CN/C=C(\C=N)c1cc(OCc2ccc(Oc3ccc(Cl)c(C(F)(F)F)c3)c(F)c2)nc(=O)n1C. The van der Waals surface area contributed by atoms with E-state index in [9.17, 15) is 22.4 Å². The molecule has 0 aliphatic carbocycles. The van der Waals surface area contributed by atoms with E-state index in [1.54, 1.807) is 7.05 Å². The fourth-order valence-electron chi connectivity index (χ4n) is 3.00. The van der Waals surface area contributed by atoms with Crippen molar-refractivity contribution in [2.24, 2.45) is 7.05 Å². The average Bonchev–Trinajstić information content (AvgIpc) is 2.80. The lowest BCUT2D eigenvalue weighted by atomic mass is 10.2. The molecule has 0 aliphatic rings. The first-order valence-electron chi connectivity index (χ1n) is 9.95. The van der Waals surface area contributed by atoms with Gasteiger partial charge in [-0.05, 0) is 35.9 Å². The van der Waals surface area contributed by atoms with E-state index in [0.29, 0.717) is 22.9 Å². The van der Waals surface area contributed by atoms with Crippen LogP contribution in [0.1, 0.15) is 16.8 Å². The zero-order chi connectivity index (χ0) is 25.8. The van der Waals surface area contributed by atoms with Crippen molar-refractivity contribution < 1.29 is 27.0 Å². The third-order valence-electron chi connectivity index (χ3n) is 4.72. The van der Waals surface area contributed by atoms with Crippen molar-refractivity contribution in [1.29, 1.82) is 5.41 Å². The van der Waals surface area contributed by atoms with Gasteiger partial charge in [0.2, 0.25) is 5.88 Å². The Morgan fingerprint density at radius 1 is 1.23 bits per heavy atom. The minimum Gasteiger partial charge on any atom is -0.473 e. The van der Waals surface area contributed by atoms with Gasteiger partial charge in [0, 0.05) is 38.1 Å². The van der Waals surface area contributed by atoms with E-state index in [0.717, 1.165) is 18.3 Å². The highest BCUT2D eigenvalue weighted by Crippen LogP contribution is 2.38. The molecular formula is C23H19ClF4N4O3. The van der Waals surface area contributed by atoms with Gasteiger partial charge in [0.15, 0.2) is 11.6 Å². The molecular weight excluding hydrogens is 492 g/mol. The van der Waals surface area contributed by atoms with Crippen LogP contribution in [0.5, 0.6) is 17.4 Å². The number of hydrogen-bond donors (Lipinski definition) is 2. The highest BCUT2D eigenvalue weighted by atomic mass is 35.5. The van der Waals surface area contributed by atoms with Crippen molar-refractivity contribution in [3.63, 3.8) is 0 Å². The molecule has 0 unspecified atom stereocenters. The topological polar surface area (TPSA) is 89.2 Å². The number of nitrogens with one attached hydrogen (secondary N) is 2. The summed E-state index contributed by atoms with van der Waals surface area (Å²) in [6.07, 6.45) is -2.11. The first kappa shape index (κ1) is 25.8. The van der Waals surface area contributed by atoms with Gasteiger partial charge in [-0.1, -0.05) is 17.7 Å². The third kappa shape index (κ3) is 6.18. The zero-order valence-electron chi connectivity index (χ0n) is 18.4. The standard InChI is InChI=1S/C23H19ClF4N4O3/c1-30-11-14(10-29)19-9-21(31-22(33)32(19)2)34-12-13-3-6-20(18(25)7-13)35-15-4-5-17(24)16(8-15)23(26,27)28/h3-11,29-30H,12H2,1-2H3/b14-11+,29-10?. The summed E-state index contributed by atoms with van der Waals surface area (Å²) in [7, 11) is 3.14. The average molecular weight is 511 g/mol. The van der Waals surface area contributed by atoms with Crippen LogP contribution in [0.3, 0.4) is 0 Å². The summed E-state index contributed by atoms with van der Waals surface area (Å²) in [6, 6.07) is 8.12. The smallest absolute Gasteiger partial charge is 0.417 e. The summed E-state index contributed by atoms with van der Waals surface area (Å²) in [5.41, 5.74) is -0.580. The second-order valence-corrected chi connectivity index (χ2v) is 7.56. The predicted molar refractivity (Wildman–Crippen MR) is 123 cm³/mol. The molecule has 0 atom stereocenters. The van der Waals surface area contributed by atoms with E-state index in [1.165, 1.54) is 42.1 Å². The van der Waals surface area contributed by atoms with Crippen molar-refractivity contribution in [1.82, 2.24) is 14.9 Å². The number of allylic oxidation sites excluding steroid dienone is 1. The number of rotatable bonds is 8. The van der Waals surface area contributed by atoms with Gasteiger partial charge in [0.05, 0.1) is 16.3 Å². The largest absolute Gasteiger partial charge is 0.473 e. The number of alkyl halides is 3. The number of benzene rings is 2. The number of nitrogens with zero attached hydrogens (tertiary/aromatic N) is 2. The van der Waals surface area contributed by atoms with E-state index < -0.39 is 28.3 Å². The Labute approximate surface area is 202 Å². The number of aromatic nitrogens is 2. The molecule has 2 aromatic carbocycles. The predicted octanol–water partition coefficient (Wildman–Crippen LogP) is 5.17. The maximum absolute atomic E-state index is 14.6. The molecule has 1 aromatic heterocycles. The Hall–Kier alpha value is -3.86. The van der Waals surface area contributed by atoms with Crippen LogP contribution < -0.4 is 20.5 Å². The molecule has 0 aliphatic heterocycles. The van der Waals surface area contributed by atoms with Gasteiger partial charge in [0.1, 0.15) is 12.4 Å². The first-order chi connectivity index (χ1) is 16.5. The molecule has 0 fully saturated rings. The van der Waals surface area contributed by atoms with Gasteiger partial charge < -0.3 is 20.2 Å². The van der Waals surface area contributed by atoms with Crippen LogP contribution in [-0.4, -0.2) is 22.8 Å². The summed E-state index contributed by atoms with van der Waals surface area (Å²) in [5, 5.41) is 9.80. The zero-order valence-corrected chi connectivity index (χ0v) is 19.2. The van der Waals surface area contributed by atoms with Gasteiger partial charge in [-0.2, -0.15) is 18.2 Å². The highest BCUT2D eigenvalue weighted by Gasteiger charge is 2.33. The van der Waals surface area contributed by atoms with Crippen molar-refractivity contribution in [3.05, 3.63) is 86.8 Å². The molecule has 3 rings (SSSR count). The number of ether oxygens (including phenoxy) is 2. The number of hydrogen-bond acceptors (Lipinski definition) is 6. The Morgan fingerprint density at radius 3 is 2.60 bits per heavy atom.